The standard InChI is InChI=1S/C16H23NOS/c1-4-15-14(10-17-9-12(2)11-19-3)13-7-5-6-8-16(13)18-15/h5-8,12,17H,4,9-11H2,1-3H3. The topological polar surface area (TPSA) is 25.2 Å². The lowest BCUT2D eigenvalue weighted by Crippen LogP contribution is -2.22. The molecule has 1 atom stereocenters. The van der Waals surface area contributed by atoms with Gasteiger partial charge in [-0.05, 0) is 30.5 Å². The summed E-state index contributed by atoms with van der Waals surface area (Å²) in [5.74, 6) is 3.03. The van der Waals surface area contributed by atoms with Gasteiger partial charge in [-0.3, -0.25) is 0 Å². The number of thioether (sulfide) groups is 1. The molecule has 2 nitrogen and oxygen atoms in total. The number of aryl methyl sites for hydroxylation is 1. The van der Waals surface area contributed by atoms with Crippen LogP contribution in [0.1, 0.15) is 25.2 Å². The van der Waals surface area contributed by atoms with Crippen molar-refractivity contribution in [3.05, 3.63) is 35.6 Å². The van der Waals surface area contributed by atoms with Gasteiger partial charge in [-0.15, -0.1) is 0 Å². The van der Waals surface area contributed by atoms with Gasteiger partial charge in [-0.2, -0.15) is 11.8 Å². The van der Waals surface area contributed by atoms with Gasteiger partial charge in [0.05, 0.1) is 0 Å². The smallest absolute Gasteiger partial charge is 0.134 e. The molecular formula is C16H23NOS. The third kappa shape index (κ3) is 3.54. The summed E-state index contributed by atoms with van der Waals surface area (Å²) in [6.07, 6.45) is 3.11. The molecule has 0 saturated carbocycles. The number of rotatable bonds is 7. The quantitative estimate of drug-likeness (QED) is 0.825. The van der Waals surface area contributed by atoms with Crippen molar-refractivity contribution < 1.29 is 4.42 Å². The van der Waals surface area contributed by atoms with Crippen LogP contribution in [0.3, 0.4) is 0 Å². The van der Waals surface area contributed by atoms with Gasteiger partial charge in [0.2, 0.25) is 0 Å². The Balaban J connectivity index is 2.06. The van der Waals surface area contributed by atoms with E-state index in [0.717, 1.165) is 30.9 Å². The molecule has 1 heterocycles. The number of nitrogens with one attached hydrogen (secondary N) is 1. The fraction of sp³-hybridized carbons (Fsp3) is 0.500. The molecule has 1 aromatic carbocycles. The van der Waals surface area contributed by atoms with Crippen LogP contribution in [0, 0.1) is 5.92 Å². The average Bonchev–Trinajstić information content (AvgIpc) is 2.77. The lowest BCUT2D eigenvalue weighted by Gasteiger charge is -2.11. The number of hydrogen-bond donors (Lipinski definition) is 1. The minimum Gasteiger partial charge on any atom is -0.461 e. The highest BCUT2D eigenvalue weighted by molar-refractivity contribution is 7.98. The monoisotopic (exact) mass is 277 g/mol. The molecule has 104 valence electrons. The Kier molecular flexibility index (Phi) is 5.34. The first-order valence-corrected chi connectivity index (χ1v) is 8.34. The molecule has 0 saturated heterocycles. The lowest BCUT2D eigenvalue weighted by molar-refractivity contribution is 0.529. The minimum atomic E-state index is 0.707. The molecule has 0 aliphatic carbocycles. The molecule has 0 radical (unpaired) electrons. The first-order valence-electron chi connectivity index (χ1n) is 6.95. The fourth-order valence-electron chi connectivity index (χ4n) is 2.42. The van der Waals surface area contributed by atoms with Crippen molar-refractivity contribution in [3.63, 3.8) is 0 Å². The van der Waals surface area contributed by atoms with Gasteiger partial charge < -0.3 is 9.73 Å². The fourth-order valence-corrected chi connectivity index (χ4v) is 3.10. The van der Waals surface area contributed by atoms with Gasteiger partial charge in [0, 0.05) is 23.9 Å². The first-order chi connectivity index (χ1) is 9.26. The van der Waals surface area contributed by atoms with E-state index in [1.807, 2.05) is 23.9 Å². The molecule has 1 N–H and O–H groups in total. The van der Waals surface area contributed by atoms with Crippen molar-refractivity contribution in [2.45, 2.75) is 26.8 Å². The summed E-state index contributed by atoms with van der Waals surface area (Å²) in [7, 11) is 0. The van der Waals surface area contributed by atoms with E-state index >= 15 is 0 Å². The Bertz CT molecular complexity index is 520. The first kappa shape index (κ1) is 14.5. The highest BCUT2D eigenvalue weighted by Gasteiger charge is 2.12. The maximum Gasteiger partial charge on any atom is 0.134 e. The molecule has 0 bridgehead atoms. The third-order valence-corrected chi connectivity index (χ3v) is 4.25. The second-order valence-corrected chi connectivity index (χ2v) is 5.96. The van der Waals surface area contributed by atoms with Crippen molar-refractivity contribution in [1.82, 2.24) is 5.32 Å². The number of hydrogen-bond acceptors (Lipinski definition) is 3. The van der Waals surface area contributed by atoms with E-state index in [0.29, 0.717) is 5.92 Å². The molecule has 0 aliphatic rings. The number of para-hydroxylation sites is 1. The molecule has 0 spiro atoms. The zero-order valence-electron chi connectivity index (χ0n) is 12.0. The van der Waals surface area contributed by atoms with Crippen molar-refractivity contribution in [2.75, 3.05) is 18.6 Å². The predicted octanol–water partition coefficient (Wildman–Crippen LogP) is 4.08. The Labute approximate surface area is 119 Å². The Morgan fingerprint density at radius 1 is 1.32 bits per heavy atom. The second-order valence-electron chi connectivity index (χ2n) is 5.04. The summed E-state index contributed by atoms with van der Waals surface area (Å²) in [5.41, 5.74) is 2.34. The van der Waals surface area contributed by atoms with E-state index in [1.54, 1.807) is 0 Å². The maximum atomic E-state index is 5.91. The molecule has 1 unspecified atom stereocenters. The molecule has 1 aromatic heterocycles. The summed E-state index contributed by atoms with van der Waals surface area (Å²) in [4.78, 5) is 0. The number of furan rings is 1. The molecule has 2 rings (SSSR count). The average molecular weight is 277 g/mol. The van der Waals surface area contributed by atoms with E-state index < -0.39 is 0 Å². The van der Waals surface area contributed by atoms with Crippen LogP contribution in [0.5, 0.6) is 0 Å². The molecule has 0 aliphatic heterocycles. The molecule has 19 heavy (non-hydrogen) atoms. The Hall–Kier alpha value is -0.930. The molecule has 2 aromatic rings. The van der Waals surface area contributed by atoms with Crippen LogP contribution in [0.4, 0.5) is 0 Å². The van der Waals surface area contributed by atoms with Gasteiger partial charge in [-0.1, -0.05) is 32.0 Å². The van der Waals surface area contributed by atoms with Crippen LogP contribution in [-0.2, 0) is 13.0 Å². The normalized spacial score (nSPS) is 13.0. The predicted molar refractivity (Wildman–Crippen MR) is 84.8 cm³/mol. The van der Waals surface area contributed by atoms with E-state index in [9.17, 15) is 0 Å². The highest BCUT2D eigenvalue weighted by Crippen LogP contribution is 2.26. The largest absolute Gasteiger partial charge is 0.461 e. The SMILES string of the molecule is CCc1oc2ccccc2c1CNCC(C)CSC. The van der Waals surface area contributed by atoms with E-state index in [1.165, 1.54) is 16.7 Å². The lowest BCUT2D eigenvalue weighted by atomic mass is 10.1. The van der Waals surface area contributed by atoms with Gasteiger partial charge in [0.25, 0.3) is 0 Å². The number of benzene rings is 1. The summed E-state index contributed by atoms with van der Waals surface area (Å²) >= 11 is 1.91. The maximum absolute atomic E-state index is 5.91. The second kappa shape index (κ2) is 7.01. The van der Waals surface area contributed by atoms with Crippen LogP contribution in [0.25, 0.3) is 11.0 Å². The third-order valence-electron chi connectivity index (χ3n) is 3.35. The Morgan fingerprint density at radius 3 is 2.84 bits per heavy atom. The van der Waals surface area contributed by atoms with Crippen LogP contribution in [-0.4, -0.2) is 18.6 Å². The van der Waals surface area contributed by atoms with Crippen molar-refractivity contribution in [2.24, 2.45) is 5.92 Å². The zero-order chi connectivity index (χ0) is 13.7. The summed E-state index contributed by atoms with van der Waals surface area (Å²) < 4.78 is 5.91. The Morgan fingerprint density at radius 2 is 2.11 bits per heavy atom. The van der Waals surface area contributed by atoms with E-state index in [4.69, 9.17) is 4.42 Å². The molecule has 0 fully saturated rings. The molecule has 3 heteroatoms. The van der Waals surface area contributed by atoms with E-state index in [2.05, 4.69) is 37.6 Å². The summed E-state index contributed by atoms with van der Waals surface area (Å²) in [6, 6.07) is 8.31. The van der Waals surface area contributed by atoms with Crippen LogP contribution >= 0.6 is 11.8 Å². The van der Waals surface area contributed by atoms with Crippen LogP contribution in [0.15, 0.2) is 28.7 Å². The van der Waals surface area contributed by atoms with Crippen molar-refractivity contribution in [3.8, 4) is 0 Å². The van der Waals surface area contributed by atoms with Gasteiger partial charge in [0.15, 0.2) is 0 Å². The van der Waals surface area contributed by atoms with Gasteiger partial charge in [0.1, 0.15) is 11.3 Å². The van der Waals surface area contributed by atoms with Crippen LogP contribution in [0.2, 0.25) is 0 Å². The molecule has 0 amide bonds. The van der Waals surface area contributed by atoms with Crippen molar-refractivity contribution >= 4 is 22.7 Å². The number of fused-ring (bicyclic) bond motifs is 1. The highest BCUT2D eigenvalue weighted by atomic mass is 32.2. The van der Waals surface area contributed by atoms with Gasteiger partial charge >= 0.3 is 0 Å². The molecular weight excluding hydrogens is 254 g/mol. The summed E-state index contributed by atoms with van der Waals surface area (Å²) in [6.45, 7) is 6.40. The minimum absolute atomic E-state index is 0.707. The van der Waals surface area contributed by atoms with Crippen molar-refractivity contribution in [1.29, 1.82) is 0 Å². The van der Waals surface area contributed by atoms with Crippen LogP contribution < -0.4 is 5.32 Å². The van der Waals surface area contributed by atoms with E-state index in [-0.39, 0.29) is 0 Å². The zero-order valence-corrected chi connectivity index (χ0v) is 12.8. The van der Waals surface area contributed by atoms with Gasteiger partial charge in [-0.25, -0.2) is 0 Å². The summed E-state index contributed by atoms with van der Waals surface area (Å²) in [5, 5.41) is 4.82.